The minimum Gasteiger partial charge on any atom is -0.491 e. The van der Waals surface area contributed by atoms with Crippen LogP contribution < -0.4 is 10.1 Å². The molecule has 2 N–H and O–H groups in total. The average Bonchev–Trinajstić information content (AvgIpc) is 2.42. The summed E-state index contributed by atoms with van der Waals surface area (Å²) in [5.74, 6) is 0.803. The lowest BCUT2D eigenvalue weighted by Gasteiger charge is -2.19. The van der Waals surface area contributed by atoms with Crippen molar-refractivity contribution in [3.8, 4) is 5.75 Å². The van der Waals surface area contributed by atoms with Gasteiger partial charge in [0.25, 0.3) is 0 Å². The van der Waals surface area contributed by atoms with E-state index in [1.54, 1.807) is 0 Å². The second-order valence-corrected chi connectivity index (χ2v) is 4.58. The predicted octanol–water partition coefficient (Wildman–Crippen LogP) is 2.59. The van der Waals surface area contributed by atoms with Gasteiger partial charge in [-0.25, -0.2) is 0 Å². The Morgan fingerprint density at radius 1 is 1.22 bits per heavy atom. The molecule has 0 fully saturated rings. The summed E-state index contributed by atoms with van der Waals surface area (Å²) < 4.78 is 5.50. The molecule has 0 aromatic heterocycles. The first-order chi connectivity index (χ1) is 8.76. The van der Waals surface area contributed by atoms with E-state index in [9.17, 15) is 5.11 Å². The van der Waals surface area contributed by atoms with Gasteiger partial charge in [-0.1, -0.05) is 38.5 Å². The molecule has 0 heterocycles. The molecule has 0 aliphatic carbocycles. The Hall–Kier alpha value is -1.06. The van der Waals surface area contributed by atoms with Gasteiger partial charge in [0, 0.05) is 12.6 Å². The molecule has 0 amide bonds. The SMILES string of the molecule is CCCC(CC)NCC(O)COc1ccccc1. The summed E-state index contributed by atoms with van der Waals surface area (Å²) in [5.41, 5.74) is 0. The first-order valence-corrected chi connectivity index (χ1v) is 6.85. The van der Waals surface area contributed by atoms with Crippen LogP contribution in [0, 0.1) is 0 Å². The molecule has 0 bridgehead atoms. The number of nitrogens with one attached hydrogen (secondary N) is 1. The van der Waals surface area contributed by atoms with Crippen molar-refractivity contribution in [2.75, 3.05) is 13.2 Å². The summed E-state index contributed by atoms with van der Waals surface area (Å²) in [6.45, 7) is 5.27. The Morgan fingerprint density at radius 2 is 1.94 bits per heavy atom. The molecule has 18 heavy (non-hydrogen) atoms. The van der Waals surface area contributed by atoms with Crippen LogP contribution in [0.15, 0.2) is 30.3 Å². The van der Waals surface area contributed by atoms with E-state index < -0.39 is 6.10 Å². The van der Waals surface area contributed by atoms with Crippen LogP contribution in [-0.2, 0) is 0 Å². The maximum atomic E-state index is 9.84. The molecule has 1 aromatic carbocycles. The monoisotopic (exact) mass is 251 g/mol. The van der Waals surface area contributed by atoms with E-state index >= 15 is 0 Å². The lowest BCUT2D eigenvalue weighted by atomic mass is 10.1. The number of rotatable bonds is 9. The third kappa shape index (κ3) is 6.03. The van der Waals surface area contributed by atoms with Gasteiger partial charge in [0.2, 0.25) is 0 Å². The number of para-hydroxylation sites is 1. The van der Waals surface area contributed by atoms with Gasteiger partial charge < -0.3 is 15.2 Å². The topological polar surface area (TPSA) is 41.5 Å². The number of ether oxygens (including phenoxy) is 1. The maximum absolute atomic E-state index is 9.84. The van der Waals surface area contributed by atoms with Crippen LogP contribution in [0.25, 0.3) is 0 Å². The van der Waals surface area contributed by atoms with Crippen molar-refractivity contribution in [3.05, 3.63) is 30.3 Å². The third-order valence-corrected chi connectivity index (χ3v) is 2.96. The molecule has 0 aliphatic rings. The summed E-state index contributed by atoms with van der Waals surface area (Å²) in [5, 5.41) is 13.2. The quantitative estimate of drug-likeness (QED) is 0.709. The Bertz CT molecular complexity index is 303. The summed E-state index contributed by atoms with van der Waals surface area (Å²) in [6, 6.07) is 10.1. The predicted molar refractivity (Wildman–Crippen MR) is 74.9 cm³/mol. The second kappa shape index (κ2) is 8.95. The fourth-order valence-corrected chi connectivity index (χ4v) is 1.87. The number of hydrogen-bond donors (Lipinski definition) is 2. The van der Waals surface area contributed by atoms with Crippen molar-refractivity contribution in [3.63, 3.8) is 0 Å². The standard InChI is InChI=1S/C15H25NO2/c1-3-8-13(4-2)16-11-14(17)12-18-15-9-6-5-7-10-15/h5-7,9-10,13-14,16-17H,3-4,8,11-12H2,1-2H3. The summed E-state index contributed by atoms with van der Waals surface area (Å²) >= 11 is 0. The number of aliphatic hydroxyl groups is 1. The largest absolute Gasteiger partial charge is 0.491 e. The van der Waals surface area contributed by atoms with Gasteiger partial charge in [-0.15, -0.1) is 0 Å². The minimum atomic E-state index is -0.462. The molecule has 0 saturated carbocycles. The smallest absolute Gasteiger partial charge is 0.119 e. The molecule has 0 saturated heterocycles. The first kappa shape index (κ1) is 15.0. The highest BCUT2D eigenvalue weighted by atomic mass is 16.5. The van der Waals surface area contributed by atoms with E-state index in [0.717, 1.165) is 18.6 Å². The van der Waals surface area contributed by atoms with Gasteiger partial charge in [0.05, 0.1) is 0 Å². The van der Waals surface area contributed by atoms with E-state index in [4.69, 9.17) is 4.74 Å². The van der Waals surface area contributed by atoms with Gasteiger partial charge in [-0.05, 0) is 25.0 Å². The highest BCUT2D eigenvalue weighted by Gasteiger charge is 2.09. The van der Waals surface area contributed by atoms with E-state index in [1.807, 2.05) is 30.3 Å². The van der Waals surface area contributed by atoms with Gasteiger partial charge in [-0.3, -0.25) is 0 Å². The van der Waals surface area contributed by atoms with Gasteiger partial charge in [0.15, 0.2) is 0 Å². The molecular formula is C15H25NO2. The molecule has 1 rings (SSSR count). The fraction of sp³-hybridized carbons (Fsp3) is 0.600. The molecule has 1 aromatic rings. The summed E-state index contributed by atoms with van der Waals surface area (Å²) in [6.07, 6.45) is 2.96. The van der Waals surface area contributed by atoms with E-state index in [1.165, 1.54) is 6.42 Å². The van der Waals surface area contributed by atoms with E-state index in [-0.39, 0.29) is 0 Å². The van der Waals surface area contributed by atoms with Crippen molar-refractivity contribution < 1.29 is 9.84 Å². The molecule has 0 spiro atoms. The minimum absolute atomic E-state index is 0.333. The van der Waals surface area contributed by atoms with Crippen LogP contribution in [0.5, 0.6) is 5.75 Å². The lowest BCUT2D eigenvalue weighted by Crippen LogP contribution is -2.37. The van der Waals surface area contributed by atoms with Crippen LogP contribution in [0.1, 0.15) is 33.1 Å². The normalized spacial score (nSPS) is 14.2. The first-order valence-electron chi connectivity index (χ1n) is 6.85. The van der Waals surface area contributed by atoms with Crippen LogP contribution in [0.2, 0.25) is 0 Å². The fourth-order valence-electron chi connectivity index (χ4n) is 1.87. The van der Waals surface area contributed by atoms with Crippen molar-refractivity contribution in [1.82, 2.24) is 5.32 Å². The Kier molecular flexibility index (Phi) is 7.46. The zero-order valence-corrected chi connectivity index (χ0v) is 11.4. The van der Waals surface area contributed by atoms with Crippen LogP contribution in [0.3, 0.4) is 0 Å². The Labute approximate surface area is 110 Å². The highest BCUT2D eigenvalue weighted by molar-refractivity contribution is 5.20. The molecule has 3 nitrogen and oxygen atoms in total. The average molecular weight is 251 g/mol. The second-order valence-electron chi connectivity index (χ2n) is 4.58. The molecule has 2 unspecified atom stereocenters. The molecule has 0 aliphatic heterocycles. The number of benzene rings is 1. The number of aliphatic hydroxyl groups excluding tert-OH is 1. The van der Waals surface area contributed by atoms with Gasteiger partial charge in [-0.2, -0.15) is 0 Å². The molecule has 102 valence electrons. The van der Waals surface area contributed by atoms with Gasteiger partial charge in [0.1, 0.15) is 18.5 Å². The Morgan fingerprint density at radius 3 is 2.56 bits per heavy atom. The molecule has 2 atom stereocenters. The van der Waals surface area contributed by atoms with Crippen LogP contribution >= 0.6 is 0 Å². The highest BCUT2D eigenvalue weighted by Crippen LogP contribution is 2.08. The van der Waals surface area contributed by atoms with Crippen LogP contribution in [-0.4, -0.2) is 30.4 Å². The van der Waals surface area contributed by atoms with Crippen molar-refractivity contribution in [1.29, 1.82) is 0 Å². The molecular weight excluding hydrogens is 226 g/mol. The zero-order chi connectivity index (χ0) is 13.2. The van der Waals surface area contributed by atoms with Gasteiger partial charge >= 0.3 is 0 Å². The van der Waals surface area contributed by atoms with Crippen molar-refractivity contribution in [2.45, 2.75) is 45.3 Å². The van der Waals surface area contributed by atoms with E-state index in [0.29, 0.717) is 19.2 Å². The van der Waals surface area contributed by atoms with Crippen molar-refractivity contribution in [2.24, 2.45) is 0 Å². The summed E-state index contributed by atoms with van der Waals surface area (Å²) in [4.78, 5) is 0. The maximum Gasteiger partial charge on any atom is 0.119 e. The number of hydrogen-bond acceptors (Lipinski definition) is 3. The lowest BCUT2D eigenvalue weighted by molar-refractivity contribution is 0.103. The Balaban J connectivity index is 2.19. The molecule has 0 radical (unpaired) electrons. The third-order valence-electron chi connectivity index (χ3n) is 2.96. The van der Waals surface area contributed by atoms with Crippen molar-refractivity contribution >= 4 is 0 Å². The molecule has 3 heteroatoms. The van der Waals surface area contributed by atoms with E-state index in [2.05, 4.69) is 19.2 Å². The zero-order valence-electron chi connectivity index (χ0n) is 11.4. The van der Waals surface area contributed by atoms with Crippen LogP contribution in [0.4, 0.5) is 0 Å². The summed E-state index contributed by atoms with van der Waals surface area (Å²) in [7, 11) is 0.